The number of benzene rings is 1. The second-order valence-corrected chi connectivity index (χ2v) is 7.63. The summed E-state index contributed by atoms with van der Waals surface area (Å²) in [5, 5.41) is 0. The Bertz CT molecular complexity index is 766. The number of pyridine rings is 1. The molecule has 0 N–H and O–H groups in total. The van der Waals surface area contributed by atoms with Gasteiger partial charge in [0.2, 0.25) is 0 Å². The molecular formula is C22H30N4O. The van der Waals surface area contributed by atoms with Crippen LogP contribution in [0.3, 0.4) is 0 Å². The van der Waals surface area contributed by atoms with Crippen molar-refractivity contribution in [2.75, 3.05) is 45.2 Å². The van der Waals surface area contributed by atoms with Gasteiger partial charge in [-0.15, -0.1) is 0 Å². The van der Waals surface area contributed by atoms with Gasteiger partial charge < -0.3 is 14.7 Å². The van der Waals surface area contributed by atoms with Crippen molar-refractivity contribution in [2.24, 2.45) is 0 Å². The summed E-state index contributed by atoms with van der Waals surface area (Å²) in [5.74, 6) is 0.0556. The van der Waals surface area contributed by atoms with Crippen molar-refractivity contribution in [1.29, 1.82) is 0 Å². The van der Waals surface area contributed by atoms with Gasteiger partial charge in [0.25, 0.3) is 5.91 Å². The van der Waals surface area contributed by atoms with Crippen molar-refractivity contribution >= 4 is 11.6 Å². The molecule has 0 spiro atoms. The van der Waals surface area contributed by atoms with Crippen molar-refractivity contribution in [3.05, 3.63) is 59.4 Å². The van der Waals surface area contributed by atoms with Crippen molar-refractivity contribution < 1.29 is 4.79 Å². The Kier molecular flexibility index (Phi) is 6.11. The predicted molar refractivity (Wildman–Crippen MR) is 110 cm³/mol. The fraction of sp³-hybridized carbons (Fsp3) is 0.455. The molecule has 144 valence electrons. The van der Waals surface area contributed by atoms with Gasteiger partial charge in [0.1, 0.15) is 0 Å². The summed E-state index contributed by atoms with van der Waals surface area (Å²) >= 11 is 0. The van der Waals surface area contributed by atoms with E-state index in [-0.39, 0.29) is 11.9 Å². The summed E-state index contributed by atoms with van der Waals surface area (Å²) in [6.45, 7) is 8.35. The smallest absolute Gasteiger partial charge is 0.253 e. The molecule has 27 heavy (non-hydrogen) atoms. The number of amides is 1. The van der Waals surface area contributed by atoms with E-state index >= 15 is 0 Å². The van der Waals surface area contributed by atoms with Crippen LogP contribution in [0.4, 0.5) is 5.69 Å². The number of rotatable bonds is 5. The van der Waals surface area contributed by atoms with Crippen molar-refractivity contribution in [3.8, 4) is 0 Å². The van der Waals surface area contributed by atoms with E-state index in [0.29, 0.717) is 0 Å². The lowest BCUT2D eigenvalue weighted by atomic mass is 10.1. The van der Waals surface area contributed by atoms with Crippen LogP contribution in [0, 0.1) is 6.92 Å². The van der Waals surface area contributed by atoms with Gasteiger partial charge in [0, 0.05) is 68.8 Å². The molecule has 1 aromatic heterocycles. The average Bonchev–Trinajstić information content (AvgIpc) is 2.67. The fourth-order valence-electron chi connectivity index (χ4n) is 3.43. The van der Waals surface area contributed by atoms with Gasteiger partial charge in [-0.25, -0.2) is 0 Å². The number of carbonyl (C=O) groups excluding carboxylic acids is 1. The maximum atomic E-state index is 12.9. The average molecular weight is 367 g/mol. The summed E-state index contributed by atoms with van der Waals surface area (Å²) in [6, 6.07) is 12.2. The first-order chi connectivity index (χ1) is 12.9. The molecule has 0 radical (unpaired) electrons. The lowest BCUT2D eigenvalue weighted by Gasteiger charge is -2.34. The van der Waals surface area contributed by atoms with Gasteiger partial charge in [0.05, 0.1) is 0 Å². The van der Waals surface area contributed by atoms with Gasteiger partial charge in [-0.2, -0.15) is 0 Å². The third kappa shape index (κ3) is 4.86. The lowest BCUT2D eigenvalue weighted by Crippen LogP contribution is -2.44. The first kappa shape index (κ1) is 19.4. The van der Waals surface area contributed by atoms with Gasteiger partial charge in [-0.1, -0.05) is 0 Å². The van der Waals surface area contributed by atoms with Crippen LogP contribution < -0.4 is 4.90 Å². The summed E-state index contributed by atoms with van der Waals surface area (Å²) in [5.41, 5.74) is 4.15. The van der Waals surface area contributed by atoms with Crippen LogP contribution in [-0.4, -0.2) is 67.0 Å². The number of nitrogens with zero attached hydrogens (tertiary/aromatic N) is 4. The van der Waals surface area contributed by atoms with Gasteiger partial charge in [0.15, 0.2) is 0 Å². The molecule has 2 aromatic rings. The molecule has 1 fully saturated rings. The van der Waals surface area contributed by atoms with Gasteiger partial charge in [-0.3, -0.25) is 9.78 Å². The zero-order chi connectivity index (χ0) is 19.4. The Morgan fingerprint density at radius 3 is 2.44 bits per heavy atom. The SMILES string of the molecule is Cc1ccnc(CC(C)N(C)C(=O)c2ccc(N3CCN(C)CC3)cc2)c1. The predicted octanol–water partition coefficient (Wildman–Crippen LogP) is 2.85. The van der Waals surface area contributed by atoms with Gasteiger partial charge in [-0.05, 0) is 62.9 Å². The number of aryl methyl sites for hydroxylation is 1. The Labute approximate surface area is 162 Å². The molecule has 0 saturated carbocycles. The van der Waals surface area contributed by atoms with Crippen LogP contribution in [0.2, 0.25) is 0 Å². The molecule has 1 unspecified atom stereocenters. The molecule has 1 saturated heterocycles. The first-order valence-corrected chi connectivity index (χ1v) is 9.66. The summed E-state index contributed by atoms with van der Waals surface area (Å²) in [7, 11) is 4.03. The van der Waals surface area contributed by atoms with E-state index in [1.54, 1.807) is 0 Å². The Hall–Kier alpha value is -2.40. The molecule has 5 heteroatoms. The minimum atomic E-state index is 0.0556. The minimum Gasteiger partial charge on any atom is -0.369 e. The first-order valence-electron chi connectivity index (χ1n) is 9.66. The van der Waals surface area contributed by atoms with Crippen LogP contribution in [0.5, 0.6) is 0 Å². The Morgan fingerprint density at radius 1 is 1.15 bits per heavy atom. The number of anilines is 1. The molecule has 0 aliphatic carbocycles. The molecule has 5 nitrogen and oxygen atoms in total. The van der Waals surface area contributed by atoms with E-state index in [2.05, 4.69) is 53.9 Å². The van der Waals surface area contributed by atoms with Crippen LogP contribution in [0.1, 0.15) is 28.5 Å². The van der Waals surface area contributed by atoms with Crippen molar-refractivity contribution in [3.63, 3.8) is 0 Å². The molecule has 2 heterocycles. The molecule has 1 aliphatic rings. The zero-order valence-electron chi connectivity index (χ0n) is 16.9. The summed E-state index contributed by atoms with van der Waals surface area (Å²) < 4.78 is 0. The summed E-state index contributed by atoms with van der Waals surface area (Å²) in [4.78, 5) is 23.8. The van der Waals surface area contributed by atoms with Gasteiger partial charge >= 0.3 is 0 Å². The molecule has 1 aromatic carbocycles. The molecule has 0 bridgehead atoms. The maximum absolute atomic E-state index is 12.9. The number of hydrogen-bond donors (Lipinski definition) is 0. The van der Waals surface area contributed by atoms with Crippen LogP contribution in [0.15, 0.2) is 42.6 Å². The van der Waals surface area contributed by atoms with Crippen LogP contribution in [0.25, 0.3) is 0 Å². The molecule has 1 atom stereocenters. The van der Waals surface area contributed by atoms with Crippen molar-refractivity contribution in [2.45, 2.75) is 26.3 Å². The number of aromatic nitrogens is 1. The highest BCUT2D eigenvalue weighted by Gasteiger charge is 2.19. The second-order valence-electron chi connectivity index (χ2n) is 7.63. The monoisotopic (exact) mass is 366 g/mol. The van der Waals surface area contributed by atoms with E-state index in [1.807, 2.05) is 36.3 Å². The highest BCUT2D eigenvalue weighted by molar-refractivity contribution is 5.94. The third-order valence-electron chi connectivity index (χ3n) is 5.44. The highest BCUT2D eigenvalue weighted by atomic mass is 16.2. The summed E-state index contributed by atoms with van der Waals surface area (Å²) in [6.07, 6.45) is 2.58. The maximum Gasteiger partial charge on any atom is 0.253 e. The normalized spacial score (nSPS) is 16.2. The van der Waals surface area contributed by atoms with E-state index in [0.717, 1.165) is 43.9 Å². The van der Waals surface area contributed by atoms with Crippen LogP contribution >= 0.6 is 0 Å². The minimum absolute atomic E-state index is 0.0556. The number of hydrogen-bond acceptors (Lipinski definition) is 4. The zero-order valence-corrected chi connectivity index (χ0v) is 16.9. The number of likely N-dealkylation sites (N-methyl/N-ethyl adjacent to an activating group) is 2. The quantitative estimate of drug-likeness (QED) is 0.816. The highest BCUT2D eigenvalue weighted by Crippen LogP contribution is 2.18. The Morgan fingerprint density at radius 2 is 1.81 bits per heavy atom. The topological polar surface area (TPSA) is 39.7 Å². The van der Waals surface area contributed by atoms with E-state index in [1.165, 1.54) is 11.3 Å². The lowest BCUT2D eigenvalue weighted by molar-refractivity contribution is 0.0743. The van der Waals surface area contributed by atoms with E-state index < -0.39 is 0 Å². The standard InChI is InChI=1S/C22H30N4O/c1-17-9-10-23-20(15-17)16-18(2)25(4)22(27)19-5-7-21(8-6-19)26-13-11-24(3)12-14-26/h5-10,15,18H,11-14,16H2,1-4H3. The molecule has 1 amide bonds. The molecule has 1 aliphatic heterocycles. The number of piperazine rings is 1. The van der Waals surface area contributed by atoms with Crippen molar-refractivity contribution in [1.82, 2.24) is 14.8 Å². The Balaban J connectivity index is 1.62. The number of carbonyl (C=O) groups is 1. The largest absolute Gasteiger partial charge is 0.369 e. The van der Waals surface area contributed by atoms with E-state index in [9.17, 15) is 4.79 Å². The second kappa shape index (κ2) is 8.53. The third-order valence-corrected chi connectivity index (χ3v) is 5.44. The molecular weight excluding hydrogens is 336 g/mol. The van der Waals surface area contributed by atoms with E-state index in [4.69, 9.17) is 0 Å². The molecule has 3 rings (SSSR count). The van der Waals surface area contributed by atoms with Crippen LogP contribution in [-0.2, 0) is 6.42 Å². The fourth-order valence-corrected chi connectivity index (χ4v) is 3.43.